The number of likely N-dealkylation sites (N-methyl/N-ethyl adjacent to an activating group) is 1. The Labute approximate surface area is 153 Å². The molecular weight excluding hydrogens is 360 g/mol. The number of sulfonamides is 1. The lowest BCUT2D eigenvalue weighted by Gasteiger charge is -2.22. The summed E-state index contributed by atoms with van der Waals surface area (Å²) in [5.74, 6) is -0.341. The number of hydrogen-bond acceptors (Lipinski definition) is 3. The molecule has 0 saturated heterocycles. The monoisotopic (exact) mass is 380 g/mol. The smallest absolute Gasteiger partial charge is 0.243 e. The van der Waals surface area contributed by atoms with E-state index in [4.69, 9.17) is 11.6 Å². The molecule has 0 unspecified atom stereocenters. The number of carbonyl (C=O) groups excluding carboxylic acids is 1. The standard InChI is InChI=1S/C18H21ClN2O3S/c1-3-20-18(22)13-21(12-15-6-4-14(2)5-7-15)25(23,24)17-10-8-16(19)9-11-17/h4-11H,3,12-13H2,1-2H3,(H,20,22). The Kier molecular flexibility index (Phi) is 6.58. The molecule has 0 atom stereocenters. The van der Waals surface area contributed by atoms with Gasteiger partial charge in [-0.05, 0) is 43.7 Å². The highest BCUT2D eigenvalue weighted by Gasteiger charge is 2.26. The average Bonchev–Trinajstić information content (AvgIpc) is 2.57. The minimum Gasteiger partial charge on any atom is -0.355 e. The van der Waals surface area contributed by atoms with Crippen LogP contribution in [0.5, 0.6) is 0 Å². The first kappa shape index (κ1) is 19.4. The SMILES string of the molecule is CCNC(=O)CN(Cc1ccc(C)cc1)S(=O)(=O)c1ccc(Cl)cc1. The van der Waals surface area contributed by atoms with E-state index in [1.54, 1.807) is 6.92 Å². The van der Waals surface area contributed by atoms with E-state index < -0.39 is 10.0 Å². The first-order chi connectivity index (χ1) is 11.8. The molecule has 25 heavy (non-hydrogen) atoms. The Hall–Kier alpha value is -1.89. The number of aryl methyl sites for hydroxylation is 1. The fourth-order valence-electron chi connectivity index (χ4n) is 2.29. The number of amides is 1. The number of nitrogens with one attached hydrogen (secondary N) is 1. The van der Waals surface area contributed by atoms with Crippen molar-refractivity contribution in [2.24, 2.45) is 0 Å². The molecule has 0 radical (unpaired) electrons. The summed E-state index contributed by atoms with van der Waals surface area (Å²) in [7, 11) is -3.83. The highest BCUT2D eigenvalue weighted by molar-refractivity contribution is 7.89. The van der Waals surface area contributed by atoms with Crippen LogP contribution in [-0.4, -0.2) is 31.7 Å². The van der Waals surface area contributed by atoms with Crippen LogP contribution in [0, 0.1) is 6.92 Å². The van der Waals surface area contributed by atoms with Crippen molar-refractivity contribution in [3.63, 3.8) is 0 Å². The zero-order valence-electron chi connectivity index (χ0n) is 14.2. The molecule has 2 rings (SSSR count). The molecular formula is C18H21ClN2O3S. The molecule has 134 valence electrons. The zero-order valence-corrected chi connectivity index (χ0v) is 15.8. The van der Waals surface area contributed by atoms with Crippen LogP contribution in [-0.2, 0) is 21.4 Å². The molecule has 0 spiro atoms. The van der Waals surface area contributed by atoms with Crippen LogP contribution >= 0.6 is 11.6 Å². The van der Waals surface area contributed by atoms with E-state index in [1.165, 1.54) is 28.6 Å². The quantitative estimate of drug-likeness (QED) is 0.803. The largest absolute Gasteiger partial charge is 0.355 e. The molecule has 5 nitrogen and oxygen atoms in total. The van der Waals surface area contributed by atoms with Gasteiger partial charge in [-0.2, -0.15) is 4.31 Å². The van der Waals surface area contributed by atoms with Gasteiger partial charge in [0, 0.05) is 18.1 Å². The number of carbonyl (C=O) groups is 1. The number of halogens is 1. The summed E-state index contributed by atoms with van der Waals surface area (Å²) in [5, 5.41) is 3.09. The van der Waals surface area contributed by atoms with E-state index in [2.05, 4.69) is 5.32 Å². The number of rotatable bonds is 7. The Morgan fingerprint density at radius 1 is 1.08 bits per heavy atom. The van der Waals surface area contributed by atoms with Crippen molar-refractivity contribution in [3.8, 4) is 0 Å². The third-order valence-corrected chi connectivity index (χ3v) is 5.68. The lowest BCUT2D eigenvalue weighted by molar-refractivity contribution is -0.121. The van der Waals surface area contributed by atoms with Gasteiger partial charge in [-0.25, -0.2) is 8.42 Å². The normalized spacial score (nSPS) is 11.5. The van der Waals surface area contributed by atoms with Crippen LogP contribution in [0.15, 0.2) is 53.4 Å². The van der Waals surface area contributed by atoms with E-state index in [1.807, 2.05) is 31.2 Å². The van der Waals surface area contributed by atoms with E-state index in [0.717, 1.165) is 11.1 Å². The van der Waals surface area contributed by atoms with Crippen molar-refractivity contribution in [3.05, 3.63) is 64.7 Å². The molecule has 0 aromatic heterocycles. The highest BCUT2D eigenvalue weighted by Crippen LogP contribution is 2.20. The first-order valence-electron chi connectivity index (χ1n) is 7.91. The minimum absolute atomic E-state index is 0.105. The van der Waals surface area contributed by atoms with Crippen molar-refractivity contribution >= 4 is 27.5 Å². The van der Waals surface area contributed by atoms with Crippen LogP contribution < -0.4 is 5.32 Å². The van der Waals surface area contributed by atoms with Gasteiger partial charge in [-0.3, -0.25) is 4.79 Å². The van der Waals surface area contributed by atoms with Gasteiger partial charge in [-0.1, -0.05) is 41.4 Å². The summed E-state index contributed by atoms with van der Waals surface area (Å²) < 4.78 is 27.1. The van der Waals surface area contributed by atoms with Crippen LogP contribution in [0.25, 0.3) is 0 Å². The summed E-state index contributed by atoms with van der Waals surface area (Å²) >= 11 is 5.84. The lowest BCUT2D eigenvalue weighted by atomic mass is 10.1. The fourth-order valence-corrected chi connectivity index (χ4v) is 3.80. The summed E-state index contributed by atoms with van der Waals surface area (Å²) in [5.41, 5.74) is 1.90. The lowest BCUT2D eigenvalue weighted by Crippen LogP contribution is -2.40. The maximum Gasteiger partial charge on any atom is 0.243 e. The van der Waals surface area contributed by atoms with Gasteiger partial charge in [-0.15, -0.1) is 0 Å². The molecule has 7 heteroatoms. The molecule has 1 N–H and O–H groups in total. The number of hydrogen-bond donors (Lipinski definition) is 1. The molecule has 0 fully saturated rings. The maximum absolute atomic E-state index is 13.0. The molecule has 0 aliphatic rings. The second-order valence-electron chi connectivity index (χ2n) is 5.67. The Morgan fingerprint density at radius 2 is 1.68 bits per heavy atom. The van der Waals surface area contributed by atoms with Gasteiger partial charge < -0.3 is 5.32 Å². The summed E-state index contributed by atoms with van der Waals surface area (Å²) in [4.78, 5) is 12.1. The van der Waals surface area contributed by atoms with E-state index in [0.29, 0.717) is 11.6 Å². The van der Waals surface area contributed by atoms with Gasteiger partial charge in [0.15, 0.2) is 0 Å². The second-order valence-corrected chi connectivity index (χ2v) is 8.04. The van der Waals surface area contributed by atoms with Crippen molar-refractivity contribution in [1.82, 2.24) is 9.62 Å². The molecule has 0 bridgehead atoms. The third kappa shape index (κ3) is 5.29. The van der Waals surface area contributed by atoms with Crippen molar-refractivity contribution in [2.45, 2.75) is 25.3 Å². The van der Waals surface area contributed by atoms with Crippen molar-refractivity contribution in [1.29, 1.82) is 0 Å². The molecule has 0 saturated carbocycles. The summed E-state index contributed by atoms with van der Waals surface area (Å²) in [6.07, 6.45) is 0. The summed E-state index contributed by atoms with van der Waals surface area (Å²) in [6, 6.07) is 13.5. The van der Waals surface area contributed by atoms with E-state index in [9.17, 15) is 13.2 Å². The maximum atomic E-state index is 13.0. The number of nitrogens with zero attached hydrogens (tertiary/aromatic N) is 1. The Balaban J connectivity index is 2.33. The van der Waals surface area contributed by atoms with Gasteiger partial charge in [0.05, 0.1) is 11.4 Å². The molecule has 1 amide bonds. The van der Waals surface area contributed by atoms with E-state index in [-0.39, 0.29) is 23.9 Å². The fraction of sp³-hybridized carbons (Fsp3) is 0.278. The molecule has 0 aliphatic carbocycles. The van der Waals surface area contributed by atoms with Crippen LogP contribution in [0.2, 0.25) is 5.02 Å². The van der Waals surface area contributed by atoms with Crippen LogP contribution in [0.4, 0.5) is 0 Å². The molecule has 0 aliphatic heterocycles. The topological polar surface area (TPSA) is 66.5 Å². The first-order valence-corrected chi connectivity index (χ1v) is 9.72. The minimum atomic E-state index is -3.83. The molecule has 2 aromatic rings. The van der Waals surface area contributed by atoms with E-state index >= 15 is 0 Å². The van der Waals surface area contributed by atoms with Crippen molar-refractivity contribution in [2.75, 3.05) is 13.1 Å². The van der Waals surface area contributed by atoms with Gasteiger partial charge >= 0.3 is 0 Å². The predicted octanol–water partition coefficient (Wildman–Crippen LogP) is 2.98. The molecule has 0 heterocycles. The van der Waals surface area contributed by atoms with Crippen LogP contribution in [0.3, 0.4) is 0 Å². The summed E-state index contributed by atoms with van der Waals surface area (Å²) in [6.45, 7) is 4.06. The van der Waals surface area contributed by atoms with Gasteiger partial charge in [0.2, 0.25) is 15.9 Å². The Bertz CT molecular complexity index is 818. The predicted molar refractivity (Wildman–Crippen MR) is 98.9 cm³/mol. The highest BCUT2D eigenvalue weighted by atomic mass is 35.5. The van der Waals surface area contributed by atoms with Gasteiger partial charge in [0.25, 0.3) is 0 Å². The second kappa shape index (κ2) is 8.47. The number of benzene rings is 2. The van der Waals surface area contributed by atoms with Crippen LogP contribution in [0.1, 0.15) is 18.1 Å². The van der Waals surface area contributed by atoms with Crippen molar-refractivity contribution < 1.29 is 13.2 Å². The zero-order chi connectivity index (χ0) is 18.4. The Morgan fingerprint density at radius 3 is 2.24 bits per heavy atom. The molecule has 2 aromatic carbocycles. The average molecular weight is 381 g/mol. The van der Waals surface area contributed by atoms with Gasteiger partial charge in [0.1, 0.15) is 0 Å². The third-order valence-electron chi connectivity index (χ3n) is 3.62.